The highest BCUT2D eigenvalue weighted by molar-refractivity contribution is 7.80. The standard InChI is InChI=1S/C19H23N3O2S/c1-4-15-9-5-7-13(2)17(15)20-19(25)22-21-18(23)16-10-6-8-14(11-16)12-24-3/h5-11H,4,12H2,1-3H3,(H,21,23)(H2,20,22,25). The largest absolute Gasteiger partial charge is 0.380 e. The van der Waals surface area contributed by atoms with Crippen LogP contribution in [0.3, 0.4) is 0 Å². The molecular formula is C19H23N3O2S. The summed E-state index contributed by atoms with van der Waals surface area (Å²) in [4.78, 5) is 12.2. The molecule has 25 heavy (non-hydrogen) atoms. The van der Waals surface area contributed by atoms with Gasteiger partial charge in [0.15, 0.2) is 5.11 Å². The van der Waals surface area contributed by atoms with Crippen LogP contribution < -0.4 is 16.2 Å². The molecule has 2 rings (SSSR count). The van der Waals surface area contributed by atoms with E-state index in [4.69, 9.17) is 17.0 Å². The van der Waals surface area contributed by atoms with Crippen LogP contribution in [0.2, 0.25) is 0 Å². The first-order valence-corrected chi connectivity index (χ1v) is 8.49. The van der Waals surface area contributed by atoms with E-state index in [0.717, 1.165) is 23.2 Å². The fourth-order valence-electron chi connectivity index (χ4n) is 2.50. The summed E-state index contributed by atoms with van der Waals surface area (Å²) >= 11 is 5.28. The molecule has 0 saturated carbocycles. The average Bonchev–Trinajstić information content (AvgIpc) is 2.62. The van der Waals surface area contributed by atoms with Crippen molar-refractivity contribution < 1.29 is 9.53 Å². The number of hydrogen-bond donors (Lipinski definition) is 3. The molecule has 0 fully saturated rings. The van der Waals surface area contributed by atoms with Gasteiger partial charge in [0.1, 0.15) is 0 Å². The number of amides is 1. The predicted molar refractivity (Wildman–Crippen MR) is 105 cm³/mol. The number of aryl methyl sites for hydroxylation is 2. The summed E-state index contributed by atoms with van der Waals surface area (Å²) in [5.41, 5.74) is 10.1. The molecule has 0 heterocycles. The lowest BCUT2D eigenvalue weighted by atomic mass is 10.1. The van der Waals surface area contributed by atoms with Gasteiger partial charge in [-0.1, -0.05) is 37.3 Å². The normalized spacial score (nSPS) is 10.2. The van der Waals surface area contributed by atoms with Crippen molar-refractivity contribution in [2.75, 3.05) is 12.4 Å². The van der Waals surface area contributed by atoms with Gasteiger partial charge >= 0.3 is 0 Å². The lowest BCUT2D eigenvalue weighted by Crippen LogP contribution is -2.44. The van der Waals surface area contributed by atoms with Gasteiger partial charge < -0.3 is 10.1 Å². The van der Waals surface area contributed by atoms with E-state index in [9.17, 15) is 4.79 Å². The van der Waals surface area contributed by atoms with Gasteiger partial charge in [0.05, 0.1) is 6.61 Å². The molecule has 0 aliphatic carbocycles. The Kier molecular flexibility index (Phi) is 6.91. The van der Waals surface area contributed by atoms with Gasteiger partial charge in [0, 0.05) is 18.4 Å². The number of benzene rings is 2. The summed E-state index contributed by atoms with van der Waals surface area (Å²) < 4.78 is 5.08. The second-order valence-corrected chi connectivity index (χ2v) is 6.04. The van der Waals surface area contributed by atoms with E-state index < -0.39 is 0 Å². The van der Waals surface area contributed by atoms with Gasteiger partial charge in [0.2, 0.25) is 0 Å². The van der Waals surface area contributed by atoms with E-state index in [-0.39, 0.29) is 5.91 Å². The third-order valence-corrected chi connectivity index (χ3v) is 3.97. The van der Waals surface area contributed by atoms with Crippen LogP contribution in [0.15, 0.2) is 42.5 Å². The summed E-state index contributed by atoms with van der Waals surface area (Å²) in [5.74, 6) is -0.261. The van der Waals surface area contributed by atoms with Crippen molar-refractivity contribution in [2.45, 2.75) is 26.9 Å². The number of rotatable bonds is 5. The molecule has 3 N–H and O–H groups in total. The summed E-state index contributed by atoms with van der Waals surface area (Å²) in [5, 5.41) is 3.49. The fraction of sp³-hybridized carbons (Fsp3) is 0.263. The monoisotopic (exact) mass is 357 g/mol. The maximum atomic E-state index is 12.2. The zero-order valence-electron chi connectivity index (χ0n) is 14.7. The van der Waals surface area contributed by atoms with Crippen LogP contribution >= 0.6 is 12.2 Å². The predicted octanol–water partition coefficient (Wildman–Crippen LogP) is 3.34. The Balaban J connectivity index is 1.96. The molecule has 0 saturated heterocycles. The molecule has 2 aromatic carbocycles. The van der Waals surface area contributed by atoms with Crippen molar-refractivity contribution in [3.8, 4) is 0 Å². The van der Waals surface area contributed by atoms with Gasteiger partial charge in [-0.05, 0) is 54.4 Å². The SMILES string of the molecule is CCc1cccc(C)c1NC(=S)NNC(=O)c1cccc(COC)c1. The summed E-state index contributed by atoms with van der Waals surface area (Å²) in [6, 6.07) is 13.3. The minimum atomic E-state index is -0.261. The highest BCUT2D eigenvalue weighted by Crippen LogP contribution is 2.20. The van der Waals surface area contributed by atoms with E-state index in [1.807, 2.05) is 31.2 Å². The minimum absolute atomic E-state index is 0.261. The van der Waals surface area contributed by atoms with Gasteiger partial charge in [-0.25, -0.2) is 0 Å². The smallest absolute Gasteiger partial charge is 0.269 e. The maximum Gasteiger partial charge on any atom is 0.269 e. The van der Waals surface area contributed by atoms with E-state index in [0.29, 0.717) is 17.3 Å². The quantitative estimate of drug-likeness (QED) is 0.566. The number of hydrogen-bond acceptors (Lipinski definition) is 3. The van der Waals surface area contributed by atoms with Gasteiger partial charge in [0.25, 0.3) is 5.91 Å². The van der Waals surface area contributed by atoms with Crippen molar-refractivity contribution in [3.05, 3.63) is 64.7 Å². The first-order chi connectivity index (χ1) is 12.0. The molecular weight excluding hydrogens is 334 g/mol. The zero-order chi connectivity index (χ0) is 18.2. The van der Waals surface area contributed by atoms with Crippen LogP contribution in [0, 0.1) is 6.92 Å². The zero-order valence-corrected chi connectivity index (χ0v) is 15.5. The topological polar surface area (TPSA) is 62.4 Å². The Morgan fingerprint density at radius 2 is 1.92 bits per heavy atom. The molecule has 6 heteroatoms. The molecule has 0 bridgehead atoms. The van der Waals surface area contributed by atoms with Crippen LogP contribution in [0.5, 0.6) is 0 Å². The number of carbonyl (C=O) groups excluding carboxylic acids is 1. The number of ether oxygens (including phenoxy) is 1. The lowest BCUT2D eigenvalue weighted by Gasteiger charge is -2.16. The summed E-state index contributed by atoms with van der Waals surface area (Å²) in [7, 11) is 1.62. The number of anilines is 1. The van der Waals surface area contributed by atoms with E-state index in [1.165, 1.54) is 5.56 Å². The molecule has 5 nitrogen and oxygen atoms in total. The van der Waals surface area contributed by atoms with Crippen LogP contribution in [0.1, 0.15) is 34.0 Å². The van der Waals surface area contributed by atoms with Gasteiger partial charge in [-0.2, -0.15) is 0 Å². The van der Waals surface area contributed by atoms with Gasteiger partial charge in [-0.3, -0.25) is 15.6 Å². The molecule has 0 radical (unpaired) electrons. The number of para-hydroxylation sites is 1. The Hall–Kier alpha value is -2.44. The van der Waals surface area contributed by atoms with Gasteiger partial charge in [-0.15, -0.1) is 0 Å². The highest BCUT2D eigenvalue weighted by atomic mass is 32.1. The van der Waals surface area contributed by atoms with Crippen molar-refractivity contribution in [1.82, 2.24) is 10.9 Å². The van der Waals surface area contributed by atoms with Crippen LogP contribution in [-0.4, -0.2) is 18.1 Å². The molecule has 0 aliphatic heterocycles. The van der Waals surface area contributed by atoms with Crippen molar-refractivity contribution >= 4 is 28.9 Å². The second-order valence-electron chi connectivity index (χ2n) is 5.63. The fourth-order valence-corrected chi connectivity index (χ4v) is 2.65. The molecule has 2 aromatic rings. The molecule has 132 valence electrons. The van der Waals surface area contributed by atoms with Crippen molar-refractivity contribution in [3.63, 3.8) is 0 Å². The number of nitrogens with one attached hydrogen (secondary N) is 3. The Morgan fingerprint density at radius 3 is 2.64 bits per heavy atom. The first-order valence-electron chi connectivity index (χ1n) is 8.08. The second kappa shape index (κ2) is 9.15. The maximum absolute atomic E-state index is 12.2. The third-order valence-electron chi connectivity index (χ3n) is 3.77. The first kappa shape index (κ1) is 18.9. The third kappa shape index (κ3) is 5.27. The van der Waals surface area contributed by atoms with Crippen LogP contribution in [0.4, 0.5) is 5.69 Å². The molecule has 0 spiro atoms. The number of carbonyl (C=O) groups is 1. The molecule has 1 amide bonds. The number of hydrazine groups is 1. The van der Waals surface area contributed by atoms with Crippen LogP contribution in [0.25, 0.3) is 0 Å². The highest BCUT2D eigenvalue weighted by Gasteiger charge is 2.09. The van der Waals surface area contributed by atoms with E-state index in [2.05, 4.69) is 29.2 Å². The van der Waals surface area contributed by atoms with Crippen molar-refractivity contribution in [2.24, 2.45) is 0 Å². The number of thiocarbonyl (C=S) groups is 1. The van der Waals surface area contributed by atoms with Crippen molar-refractivity contribution in [1.29, 1.82) is 0 Å². The van der Waals surface area contributed by atoms with E-state index >= 15 is 0 Å². The Labute approximate surface area is 153 Å². The Bertz CT molecular complexity index is 762. The summed E-state index contributed by atoms with van der Waals surface area (Å²) in [6.45, 7) is 4.57. The molecule has 0 unspecified atom stereocenters. The molecule has 0 atom stereocenters. The van der Waals surface area contributed by atoms with Crippen LogP contribution in [-0.2, 0) is 17.8 Å². The molecule has 0 aromatic heterocycles. The lowest BCUT2D eigenvalue weighted by molar-refractivity contribution is 0.0944. The number of methoxy groups -OCH3 is 1. The average molecular weight is 357 g/mol. The molecule has 0 aliphatic rings. The summed E-state index contributed by atoms with van der Waals surface area (Å²) in [6.07, 6.45) is 0.894. The van der Waals surface area contributed by atoms with E-state index in [1.54, 1.807) is 19.2 Å². The Morgan fingerprint density at radius 1 is 1.16 bits per heavy atom. The minimum Gasteiger partial charge on any atom is -0.380 e.